The topological polar surface area (TPSA) is 96.2 Å². The second-order valence-electron chi connectivity index (χ2n) is 15.7. The zero-order valence-corrected chi connectivity index (χ0v) is 23.0. The van der Waals surface area contributed by atoms with E-state index < -0.39 is 23.6 Å². The van der Waals surface area contributed by atoms with Crippen LogP contribution in [0.5, 0.6) is 0 Å². The Balaban J connectivity index is 1.27. The van der Waals surface area contributed by atoms with Gasteiger partial charge in [0.2, 0.25) is 0 Å². The molecular formula is C30H46O6. The number of ether oxygens (including phenoxy) is 2. The van der Waals surface area contributed by atoms with Crippen molar-refractivity contribution in [3.8, 4) is 0 Å². The largest absolute Gasteiger partial charge is 0.393 e. The van der Waals surface area contributed by atoms with E-state index in [9.17, 15) is 20.1 Å². The van der Waals surface area contributed by atoms with Crippen LogP contribution in [0.1, 0.15) is 92.9 Å². The zero-order valence-electron chi connectivity index (χ0n) is 23.0. The molecule has 5 saturated carbocycles. The molecule has 3 spiro atoms. The molecule has 13 atom stereocenters. The molecule has 2 heterocycles. The van der Waals surface area contributed by atoms with E-state index in [0.717, 1.165) is 38.5 Å². The molecule has 0 aromatic rings. The Kier molecular flexibility index (Phi) is 4.50. The van der Waals surface area contributed by atoms with E-state index in [4.69, 9.17) is 9.47 Å². The molecule has 7 aliphatic rings. The van der Waals surface area contributed by atoms with Crippen molar-refractivity contribution in [3.63, 3.8) is 0 Å². The van der Waals surface area contributed by atoms with Crippen LogP contribution in [0.15, 0.2) is 0 Å². The minimum Gasteiger partial charge on any atom is -0.393 e. The molecule has 5 aliphatic carbocycles. The molecule has 0 radical (unpaired) electrons. The van der Waals surface area contributed by atoms with Crippen molar-refractivity contribution in [2.75, 3.05) is 6.61 Å². The molecule has 0 bridgehead atoms. The van der Waals surface area contributed by atoms with Crippen molar-refractivity contribution in [1.29, 1.82) is 0 Å². The first-order valence-corrected chi connectivity index (χ1v) is 14.5. The van der Waals surface area contributed by atoms with Gasteiger partial charge in [-0.2, -0.15) is 0 Å². The fraction of sp³-hybridized carbons (Fsp3) is 0.967. The van der Waals surface area contributed by atoms with Crippen molar-refractivity contribution in [1.82, 2.24) is 0 Å². The molecule has 2 saturated heterocycles. The van der Waals surface area contributed by atoms with E-state index in [1.54, 1.807) is 6.92 Å². The number of ketones is 1. The first kappa shape index (κ1) is 24.5. The highest BCUT2D eigenvalue weighted by molar-refractivity contribution is 5.86. The summed E-state index contributed by atoms with van der Waals surface area (Å²) in [6, 6.07) is 0. The maximum Gasteiger partial charge on any atom is 0.198 e. The third-order valence-electron chi connectivity index (χ3n) is 14.1. The Labute approximate surface area is 215 Å². The number of fused-ring (bicyclic) bond motifs is 4. The first-order chi connectivity index (χ1) is 16.6. The summed E-state index contributed by atoms with van der Waals surface area (Å²) in [5.41, 5.74) is -1.63. The van der Waals surface area contributed by atoms with Gasteiger partial charge in [0.1, 0.15) is 17.5 Å². The summed E-state index contributed by atoms with van der Waals surface area (Å²) in [6.07, 6.45) is 5.68. The van der Waals surface area contributed by atoms with Gasteiger partial charge < -0.3 is 24.8 Å². The molecule has 0 unspecified atom stereocenters. The molecule has 0 aromatic carbocycles. The van der Waals surface area contributed by atoms with E-state index >= 15 is 0 Å². The molecule has 36 heavy (non-hydrogen) atoms. The van der Waals surface area contributed by atoms with Crippen LogP contribution in [-0.4, -0.2) is 57.4 Å². The van der Waals surface area contributed by atoms with E-state index in [0.29, 0.717) is 30.5 Å². The quantitative estimate of drug-likeness (QED) is 0.466. The van der Waals surface area contributed by atoms with Gasteiger partial charge >= 0.3 is 0 Å². The number of Topliss-reactive ketones (excluding diaryl/α,β-unsaturated/α-hetero) is 1. The Hall–Kier alpha value is -0.530. The Morgan fingerprint density at radius 3 is 2.31 bits per heavy atom. The normalized spacial score (nSPS) is 64.8. The second-order valence-corrected chi connectivity index (χ2v) is 15.7. The predicted octanol–water partition coefficient (Wildman–Crippen LogP) is 3.84. The van der Waals surface area contributed by atoms with Gasteiger partial charge in [-0.15, -0.1) is 0 Å². The molecule has 0 amide bonds. The van der Waals surface area contributed by atoms with Crippen LogP contribution in [0.2, 0.25) is 0 Å². The Morgan fingerprint density at radius 2 is 1.64 bits per heavy atom. The Morgan fingerprint density at radius 1 is 0.944 bits per heavy atom. The minimum absolute atomic E-state index is 0.0690. The summed E-state index contributed by atoms with van der Waals surface area (Å²) in [5.74, 6) is 0.565. The SMILES string of the molecule is C[C@@H]1C[C@]2(OC[C@](C)(O)[C@H]2O)O[C@H]2C[C@@]3(C)[C@@H]4CC[C@H]5C(C)(C)C(=O)CC[C@@]56C[C@@]46C[C@@H](O)[C@]3(C)[C@@H]12. The van der Waals surface area contributed by atoms with Gasteiger partial charge in [0, 0.05) is 23.7 Å². The van der Waals surface area contributed by atoms with Crippen molar-refractivity contribution in [3.05, 3.63) is 0 Å². The van der Waals surface area contributed by atoms with Crippen LogP contribution < -0.4 is 0 Å². The third-order valence-corrected chi connectivity index (χ3v) is 14.1. The van der Waals surface area contributed by atoms with Gasteiger partial charge in [0.15, 0.2) is 5.79 Å². The Bertz CT molecular complexity index is 1020. The first-order valence-electron chi connectivity index (χ1n) is 14.5. The number of aliphatic hydroxyl groups is 3. The van der Waals surface area contributed by atoms with Crippen LogP contribution in [-0.2, 0) is 14.3 Å². The molecule has 7 fully saturated rings. The number of hydrogen-bond donors (Lipinski definition) is 3. The summed E-state index contributed by atoms with van der Waals surface area (Å²) in [4.78, 5) is 12.9. The number of carbonyl (C=O) groups is 1. The summed E-state index contributed by atoms with van der Waals surface area (Å²) in [7, 11) is 0. The molecule has 0 aromatic heterocycles. The smallest absolute Gasteiger partial charge is 0.198 e. The highest BCUT2D eigenvalue weighted by Gasteiger charge is 2.85. The summed E-state index contributed by atoms with van der Waals surface area (Å²) in [6.45, 7) is 13.0. The van der Waals surface area contributed by atoms with Gasteiger partial charge in [-0.25, -0.2) is 0 Å². The van der Waals surface area contributed by atoms with Gasteiger partial charge in [0.05, 0.1) is 18.8 Å². The predicted molar refractivity (Wildman–Crippen MR) is 133 cm³/mol. The minimum atomic E-state index is -1.32. The molecule has 2 aliphatic heterocycles. The lowest BCUT2D eigenvalue weighted by atomic mass is 9.41. The lowest BCUT2D eigenvalue weighted by Gasteiger charge is -2.64. The summed E-state index contributed by atoms with van der Waals surface area (Å²) < 4.78 is 12.8. The van der Waals surface area contributed by atoms with E-state index in [2.05, 4.69) is 34.6 Å². The third kappa shape index (κ3) is 2.39. The number of rotatable bonds is 0. The maximum atomic E-state index is 12.9. The van der Waals surface area contributed by atoms with Crippen LogP contribution in [0.4, 0.5) is 0 Å². The van der Waals surface area contributed by atoms with E-state index in [1.165, 1.54) is 0 Å². The number of hydrogen-bond acceptors (Lipinski definition) is 6. The zero-order chi connectivity index (χ0) is 25.9. The van der Waals surface area contributed by atoms with Crippen molar-refractivity contribution >= 4 is 5.78 Å². The van der Waals surface area contributed by atoms with E-state index in [-0.39, 0.29) is 51.6 Å². The van der Waals surface area contributed by atoms with Gasteiger partial charge in [-0.1, -0.05) is 34.6 Å². The van der Waals surface area contributed by atoms with Gasteiger partial charge in [-0.3, -0.25) is 4.79 Å². The second kappa shape index (κ2) is 6.60. The van der Waals surface area contributed by atoms with E-state index in [1.807, 2.05) is 0 Å². The summed E-state index contributed by atoms with van der Waals surface area (Å²) >= 11 is 0. The van der Waals surface area contributed by atoms with Crippen LogP contribution in [0.25, 0.3) is 0 Å². The highest BCUT2D eigenvalue weighted by atomic mass is 16.7. The standard InChI is InChI=1S/C30H46O6/c1-16-11-30(23(33)26(5,34)15-35-30)36-17-12-25(4)19-8-7-18-24(2,3)20(31)9-10-28(18)14-29(19,28)13-21(32)27(25,6)22(16)17/h16-19,21-23,32-34H,7-15H2,1-6H3/t16-,17+,18+,19+,21-,22+,23-,25+,26+,27-,28-,29+,30+/m1/s1. The van der Waals surface area contributed by atoms with Gasteiger partial charge in [0.25, 0.3) is 0 Å². The lowest BCUT2D eigenvalue weighted by molar-refractivity contribution is -0.315. The van der Waals surface area contributed by atoms with Crippen molar-refractivity contribution in [2.24, 2.45) is 50.7 Å². The van der Waals surface area contributed by atoms with Crippen molar-refractivity contribution < 1.29 is 29.6 Å². The molecule has 202 valence electrons. The average Bonchev–Trinajstić information content (AvgIpc) is 3.30. The highest BCUT2D eigenvalue weighted by Crippen LogP contribution is 2.89. The number of carbonyl (C=O) groups excluding carboxylic acids is 1. The molecule has 6 nitrogen and oxygen atoms in total. The molecule has 7 rings (SSSR count). The van der Waals surface area contributed by atoms with Gasteiger partial charge in [-0.05, 0) is 85.4 Å². The van der Waals surface area contributed by atoms with Crippen molar-refractivity contribution in [2.45, 2.75) is 123 Å². The van der Waals surface area contributed by atoms with Crippen LogP contribution in [0.3, 0.4) is 0 Å². The lowest BCUT2D eigenvalue weighted by Crippen LogP contribution is -2.63. The molecular weight excluding hydrogens is 456 g/mol. The monoisotopic (exact) mass is 502 g/mol. The van der Waals surface area contributed by atoms with Crippen LogP contribution in [0, 0.1) is 50.7 Å². The summed E-state index contributed by atoms with van der Waals surface area (Å²) in [5, 5.41) is 33.9. The molecule has 6 heteroatoms. The molecule has 3 N–H and O–H groups in total. The average molecular weight is 503 g/mol. The fourth-order valence-electron chi connectivity index (χ4n) is 12.4. The number of aliphatic hydroxyl groups excluding tert-OH is 2. The maximum absolute atomic E-state index is 12.9. The fourth-order valence-corrected chi connectivity index (χ4v) is 12.4. The van der Waals surface area contributed by atoms with Crippen LogP contribution >= 0.6 is 0 Å².